The highest BCUT2D eigenvalue weighted by atomic mass is 79.9. The number of anilines is 1. The Bertz CT molecular complexity index is 872. The molecule has 1 unspecified atom stereocenters. The highest BCUT2D eigenvalue weighted by Gasteiger charge is 2.39. The van der Waals surface area contributed by atoms with E-state index in [9.17, 15) is 9.59 Å². The van der Waals surface area contributed by atoms with Gasteiger partial charge in [0.25, 0.3) is 0 Å². The SMILES string of the molecule is O=C1CCCC2=C1C(c1ccccc1)CC(=O)N2c1cccc(Br)c1. The quantitative estimate of drug-likeness (QED) is 0.718. The van der Waals surface area contributed by atoms with Crippen molar-refractivity contribution in [3.63, 3.8) is 0 Å². The summed E-state index contributed by atoms with van der Waals surface area (Å²) in [6.45, 7) is 0. The zero-order valence-corrected chi connectivity index (χ0v) is 15.3. The van der Waals surface area contributed by atoms with E-state index in [2.05, 4.69) is 15.9 Å². The maximum absolute atomic E-state index is 13.0. The molecule has 1 heterocycles. The van der Waals surface area contributed by atoms with Gasteiger partial charge in [-0.05, 0) is 36.6 Å². The summed E-state index contributed by atoms with van der Waals surface area (Å²) in [7, 11) is 0. The van der Waals surface area contributed by atoms with Crippen molar-refractivity contribution < 1.29 is 9.59 Å². The molecule has 4 rings (SSSR count). The molecule has 1 atom stereocenters. The molecule has 2 aliphatic rings. The van der Waals surface area contributed by atoms with Gasteiger partial charge in [-0.2, -0.15) is 0 Å². The lowest BCUT2D eigenvalue weighted by atomic mass is 9.77. The molecule has 0 spiro atoms. The van der Waals surface area contributed by atoms with Crippen LogP contribution in [-0.4, -0.2) is 11.7 Å². The zero-order valence-electron chi connectivity index (χ0n) is 13.7. The Morgan fingerprint density at radius 2 is 1.76 bits per heavy atom. The molecule has 0 aromatic heterocycles. The summed E-state index contributed by atoms with van der Waals surface area (Å²) in [5.74, 6) is 0.114. The number of hydrogen-bond donors (Lipinski definition) is 0. The van der Waals surface area contributed by atoms with Crippen molar-refractivity contribution in [2.24, 2.45) is 0 Å². The topological polar surface area (TPSA) is 37.4 Å². The van der Waals surface area contributed by atoms with Gasteiger partial charge in [0.05, 0.1) is 0 Å². The zero-order chi connectivity index (χ0) is 17.4. The fourth-order valence-corrected chi connectivity index (χ4v) is 4.26. The van der Waals surface area contributed by atoms with E-state index < -0.39 is 0 Å². The van der Waals surface area contributed by atoms with Crippen LogP contribution in [0.5, 0.6) is 0 Å². The van der Waals surface area contributed by atoms with Crippen LogP contribution in [-0.2, 0) is 9.59 Å². The van der Waals surface area contributed by atoms with Crippen LogP contribution in [0.3, 0.4) is 0 Å². The van der Waals surface area contributed by atoms with Gasteiger partial charge in [-0.3, -0.25) is 14.5 Å². The van der Waals surface area contributed by atoms with Gasteiger partial charge in [-0.15, -0.1) is 0 Å². The Balaban J connectivity index is 1.87. The highest BCUT2D eigenvalue weighted by molar-refractivity contribution is 9.10. The molecule has 2 aromatic carbocycles. The van der Waals surface area contributed by atoms with Gasteiger partial charge in [0.1, 0.15) is 0 Å². The number of ketones is 1. The Labute approximate surface area is 155 Å². The Kier molecular flexibility index (Phi) is 4.30. The fraction of sp³-hybridized carbons (Fsp3) is 0.238. The monoisotopic (exact) mass is 395 g/mol. The lowest BCUT2D eigenvalue weighted by Gasteiger charge is -2.38. The first kappa shape index (κ1) is 16.3. The van der Waals surface area contributed by atoms with E-state index in [1.54, 1.807) is 4.90 Å². The minimum absolute atomic E-state index is 0.0559. The van der Waals surface area contributed by atoms with Gasteiger partial charge >= 0.3 is 0 Å². The normalized spacial score (nSPS) is 20.7. The number of carbonyl (C=O) groups is 2. The third-order valence-electron chi connectivity index (χ3n) is 4.94. The number of benzene rings is 2. The van der Waals surface area contributed by atoms with Crippen LogP contribution in [0.1, 0.15) is 37.2 Å². The van der Waals surface area contributed by atoms with E-state index in [0.29, 0.717) is 12.8 Å². The molecule has 1 aliphatic heterocycles. The standard InChI is InChI=1S/C21H18BrNO2/c22-15-8-4-9-16(12-15)23-18-10-5-11-19(24)21(18)17(13-20(23)25)14-6-2-1-3-7-14/h1-4,6-9,12,17H,5,10-11,13H2. The summed E-state index contributed by atoms with van der Waals surface area (Å²) in [4.78, 5) is 27.5. The maximum atomic E-state index is 13.0. The molecule has 0 saturated carbocycles. The van der Waals surface area contributed by atoms with Crippen molar-refractivity contribution in [3.05, 3.63) is 75.9 Å². The average molecular weight is 396 g/mol. The second-order valence-electron chi connectivity index (χ2n) is 6.51. The van der Waals surface area contributed by atoms with Crippen LogP contribution in [0, 0.1) is 0 Å². The molecule has 3 nitrogen and oxygen atoms in total. The van der Waals surface area contributed by atoms with Crippen LogP contribution in [0.15, 0.2) is 70.3 Å². The van der Waals surface area contributed by atoms with Crippen LogP contribution in [0.2, 0.25) is 0 Å². The van der Waals surface area contributed by atoms with E-state index in [1.807, 2.05) is 54.6 Å². The van der Waals surface area contributed by atoms with E-state index in [-0.39, 0.29) is 17.6 Å². The number of carbonyl (C=O) groups excluding carboxylic acids is 2. The molecule has 0 radical (unpaired) electrons. The predicted molar refractivity (Wildman–Crippen MR) is 101 cm³/mol. The summed E-state index contributed by atoms with van der Waals surface area (Å²) >= 11 is 3.48. The Morgan fingerprint density at radius 1 is 0.960 bits per heavy atom. The highest BCUT2D eigenvalue weighted by Crippen LogP contribution is 2.43. The van der Waals surface area contributed by atoms with Crippen molar-refractivity contribution in [1.29, 1.82) is 0 Å². The number of amides is 1. The second kappa shape index (κ2) is 6.60. The maximum Gasteiger partial charge on any atom is 0.232 e. The summed E-state index contributed by atoms with van der Waals surface area (Å²) < 4.78 is 0.923. The van der Waals surface area contributed by atoms with Crippen molar-refractivity contribution in [2.45, 2.75) is 31.6 Å². The number of Topliss-reactive ketones (excluding diaryl/α,β-unsaturated/α-hetero) is 1. The van der Waals surface area contributed by atoms with Gasteiger partial charge in [0, 0.05) is 40.2 Å². The number of nitrogens with zero attached hydrogens (tertiary/aromatic N) is 1. The van der Waals surface area contributed by atoms with Gasteiger partial charge in [0.15, 0.2) is 5.78 Å². The number of rotatable bonds is 2. The summed E-state index contributed by atoms with van der Waals surface area (Å²) in [5.41, 5.74) is 3.59. The molecule has 0 N–H and O–H groups in total. The van der Waals surface area contributed by atoms with Crippen LogP contribution in [0.25, 0.3) is 0 Å². The molecule has 1 amide bonds. The average Bonchev–Trinajstić information content (AvgIpc) is 2.62. The molecule has 0 bridgehead atoms. The first-order chi connectivity index (χ1) is 12.1. The lowest BCUT2D eigenvalue weighted by Crippen LogP contribution is -2.40. The molecule has 25 heavy (non-hydrogen) atoms. The van der Waals surface area contributed by atoms with Gasteiger partial charge in [0.2, 0.25) is 5.91 Å². The first-order valence-corrected chi connectivity index (χ1v) is 9.34. The van der Waals surface area contributed by atoms with Gasteiger partial charge in [-0.25, -0.2) is 0 Å². The number of hydrogen-bond acceptors (Lipinski definition) is 2. The van der Waals surface area contributed by atoms with Crippen LogP contribution < -0.4 is 4.90 Å². The summed E-state index contributed by atoms with van der Waals surface area (Å²) in [6.07, 6.45) is 2.48. The minimum atomic E-state index is -0.125. The van der Waals surface area contributed by atoms with Crippen molar-refractivity contribution in [3.8, 4) is 0 Å². The first-order valence-electron chi connectivity index (χ1n) is 8.55. The molecule has 4 heteroatoms. The van der Waals surface area contributed by atoms with Crippen LogP contribution in [0.4, 0.5) is 5.69 Å². The number of halogens is 1. The Morgan fingerprint density at radius 3 is 2.52 bits per heavy atom. The molecule has 2 aromatic rings. The van der Waals surface area contributed by atoms with Crippen molar-refractivity contribution in [2.75, 3.05) is 4.90 Å². The van der Waals surface area contributed by atoms with Gasteiger partial charge in [-0.1, -0.05) is 52.3 Å². The fourth-order valence-electron chi connectivity index (χ4n) is 3.88. The summed E-state index contributed by atoms with van der Waals surface area (Å²) in [6, 6.07) is 17.6. The van der Waals surface area contributed by atoms with E-state index >= 15 is 0 Å². The van der Waals surface area contributed by atoms with Gasteiger partial charge < -0.3 is 0 Å². The van der Waals surface area contributed by atoms with Crippen molar-refractivity contribution >= 4 is 33.3 Å². The van der Waals surface area contributed by atoms with E-state index in [4.69, 9.17) is 0 Å². The van der Waals surface area contributed by atoms with E-state index in [1.165, 1.54) is 0 Å². The van der Waals surface area contributed by atoms with E-state index in [0.717, 1.165) is 39.8 Å². The molecule has 1 aliphatic carbocycles. The Hall–Kier alpha value is -2.20. The molecular weight excluding hydrogens is 378 g/mol. The minimum Gasteiger partial charge on any atom is -0.294 e. The number of allylic oxidation sites excluding steroid dienone is 2. The smallest absolute Gasteiger partial charge is 0.232 e. The molecule has 0 saturated heterocycles. The molecular formula is C21H18BrNO2. The largest absolute Gasteiger partial charge is 0.294 e. The lowest BCUT2D eigenvalue weighted by molar-refractivity contribution is -0.119. The molecule has 126 valence electrons. The third kappa shape index (κ3) is 2.95. The summed E-state index contributed by atoms with van der Waals surface area (Å²) in [5, 5.41) is 0. The third-order valence-corrected chi connectivity index (χ3v) is 5.44. The predicted octanol–water partition coefficient (Wildman–Crippen LogP) is 4.98. The molecule has 0 fully saturated rings. The van der Waals surface area contributed by atoms with Crippen molar-refractivity contribution in [1.82, 2.24) is 0 Å². The van der Waals surface area contributed by atoms with Crippen LogP contribution >= 0.6 is 15.9 Å². The second-order valence-corrected chi connectivity index (χ2v) is 7.43.